The highest BCUT2D eigenvalue weighted by atomic mass is 79.9. The second-order valence-corrected chi connectivity index (χ2v) is 8.58. The Morgan fingerprint density at radius 3 is 2.96 bits per heavy atom. The summed E-state index contributed by atoms with van der Waals surface area (Å²) in [4.78, 5) is 0. The molecule has 0 bridgehead atoms. The van der Waals surface area contributed by atoms with Crippen LogP contribution >= 0.6 is 15.9 Å². The number of hydrogen-bond acceptors (Lipinski definition) is 2. The molecule has 4 rings (SSSR count). The quantitative estimate of drug-likeness (QED) is 0.814. The molecule has 2 aliphatic heterocycles. The average Bonchev–Trinajstić information content (AvgIpc) is 2.86. The number of fused-ring (bicyclic) bond motifs is 3. The van der Waals surface area contributed by atoms with Gasteiger partial charge in [-0.05, 0) is 75.9 Å². The topological polar surface area (TPSA) is 29.0 Å². The van der Waals surface area contributed by atoms with Crippen molar-refractivity contribution < 1.29 is 0 Å². The van der Waals surface area contributed by atoms with Gasteiger partial charge in [-0.1, -0.05) is 15.9 Å². The van der Waals surface area contributed by atoms with E-state index < -0.39 is 0 Å². The molecule has 2 N–H and O–H groups in total. The fourth-order valence-corrected chi connectivity index (χ4v) is 5.07. The monoisotopic (exact) mass is 389 g/mol. The van der Waals surface area contributed by atoms with Gasteiger partial charge in [-0.2, -0.15) is 0 Å². The minimum atomic E-state index is 0.429. The number of rotatable bonds is 3. The molecular weight excluding hydrogens is 362 g/mol. The first-order chi connectivity index (χ1) is 11.6. The number of aromatic nitrogens is 1. The van der Waals surface area contributed by atoms with Crippen molar-refractivity contribution in [2.45, 2.75) is 58.2 Å². The van der Waals surface area contributed by atoms with Crippen molar-refractivity contribution in [2.75, 3.05) is 13.1 Å². The average molecular weight is 390 g/mol. The van der Waals surface area contributed by atoms with E-state index in [1.165, 1.54) is 53.3 Å². The van der Waals surface area contributed by atoms with Gasteiger partial charge in [-0.15, -0.1) is 0 Å². The molecule has 0 spiro atoms. The summed E-state index contributed by atoms with van der Waals surface area (Å²) in [5, 5.41) is 8.71. The molecule has 4 heteroatoms. The van der Waals surface area contributed by atoms with Crippen LogP contribution in [0.5, 0.6) is 0 Å². The predicted molar refractivity (Wildman–Crippen MR) is 105 cm³/mol. The van der Waals surface area contributed by atoms with Gasteiger partial charge in [0, 0.05) is 46.1 Å². The summed E-state index contributed by atoms with van der Waals surface area (Å²) in [7, 11) is 0. The van der Waals surface area contributed by atoms with Crippen LogP contribution in [0.1, 0.15) is 50.4 Å². The van der Waals surface area contributed by atoms with Gasteiger partial charge in [0.15, 0.2) is 0 Å². The molecular formula is C20H28BrN3. The Kier molecular flexibility index (Phi) is 4.72. The maximum atomic E-state index is 3.73. The lowest BCUT2D eigenvalue weighted by atomic mass is 9.95. The lowest BCUT2D eigenvalue weighted by Gasteiger charge is -2.29. The number of halogens is 1. The third kappa shape index (κ3) is 3.04. The highest BCUT2D eigenvalue weighted by molar-refractivity contribution is 9.10. The van der Waals surface area contributed by atoms with Gasteiger partial charge in [0.2, 0.25) is 0 Å². The number of nitrogens with one attached hydrogen (secondary N) is 2. The van der Waals surface area contributed by atoms with Crippen LogP contribution in [0.3, 0.4) is 0 Å². The summed E-state index contributed by atoms with van der Waals surface area (Å²) in [6.45, 7) is 8.17. The Morgan fingerprint density at radius 1 is 1.29 bits per heavy atom. The molecule has 3 nitrogen and oxygen atoms in total. The molecule has 3 atom stereocenters. The summed E-state index contributed by atoms with van der Waals surface area (Å²) in [6.07, 6.45) is 5.14. The number of piperidine rings is 1. The van der Waals surface area contributed by atoms with Crippen molar-refractivity contribution in [3.8, 4) is 0 Å². The van der Waals surface area contributed by atoms with Gasteiger partial charge in [0.05, 0.1) is 0 Å². The van der Waals surface area contributed by atoms with Crippen LogP contribution in [-0.2, 0) is 13.0 Å². The standard InChI is InChI=1S/C20H28BrN3/c1-13-10-19-20(14(2)23-13)17-11-16(21)5-6-18(17)24(19)9-7-15-4-3-8-22-12-15/h5-6,11,13-15,22-23H,3-4,7-10,12H2,1-2H3. The van der Waals surface area contributed by atoms with E-state index in [-0.39, 0.29) is 0 Å². The number of benzene rings is 1. The van der Waals surface area contributed by atoms with Gasteiger partial charge in [0.25, 0.3) is 0 Å². The molecule has 2 aromatic rings. The van der Waals surface area contributed by atoms with Crippen LogP contribution in [0.25, 0.3) is 10.9 Å². The Balaban J connectivity index is 1.72. The Hall–Kier alpha value is -0.840. The van der Waals surface area contributed by atoms with Gasteiger partial charge in [-0.25, -0.2) is 0 Å². The molecule has 0 aliphatic carbocycles. The van der Waals surface area contributed by atoms with Crippen molar-refractivity contribution >= 4 is 26.8 Å². The molecule has 3 heterocycles. The zero-order valence-corrected chi connectivity index (χ0v) is 16.3. The summed E-state index contributed by atoms with van der Waals surface area (Å²) < 4.78 is 3.80. The van der Waals surface area contributed by atoms with E-state index in [1.807, 2.05) is 0 Å². The van der Waals surface area contributed by atoms with Crippen LogP contribution in [0.4, 0.5) is 0 Å². The molecule has 1 aromatic carbocycles. The minimum Gasteiger partial charge on any atom is -0.344 e. The predicted octanol–water partition coefficient (Wildman–Crippen LogP) is 4.39. The minimum absolute atomic E-state index is 0.429. The summed E-state index contributed by atoms with van der Waals surface area (Å²) in [5.74, 6) is 0.832. The van der Waals surface area contributed by atoms with E-state index in [0.717, 1.165) is 18.9 Å². The summed E-state index contributed by atoms with van der Waals surface area (Å²) >= 11 is 3.66. The molecule has 0 amide bonds. The molecule has 1 fully saturated rings. The van der Waals surface area contributed by atoms with Crippen molar-refractivity contribution in [1.29, 1.82) is 0 Å². The van der Waals surface area contributed by atoms with E-state index >= 15 is 0 Å². The Bertz CT molecular complexity index is 730. The van der Waals surface area contributed by atoms with Gasteiger partial charge >= 0.3 is 0 Å². The largest absolute Gasteiger partial charge is 0.344 e. The Morgan fingerprint density at radius 2 is 2.17 bits per heavy atom. The summed E-state index contributed by atoms with van der Waals surface area (Å²) in [5.41, 5.74) is 4.49. The van der Waals surface area contributed by atoms with E-state index in [4.69, 9.17) is 0 Å². The SMILES string of the molecule is CC1Cc2c(c3cc(Br)ccc3n2CCC2CCCNC2)C(C)N1. The van der Waals surface area contributed by atoms with Crippen molar-refractivity contribution in [2.24, 2.45) is 5.92 Å². The molecule has 3 unspecified atom stereocenters. The maximum absolute atomic E-state index is 3.73. The second kappa shape index (κ2) is 6.81. The first kappa shape index (κ1) is 16.6. The summed E-state index contributed by atoms with van der Waals surface area (Å²) in [6, 6.07) is 7.77. The van der Waals surface area contributed by atoms with Crippen LogP contribution in [0.2, 0.25) is 0 Å². The molecule has 24 heavy (non-hydrogen) atoms. The second-order valence-electron chi connectivity index (χ2n) is 7.67. The highest BCUT2D eigenvalue weighted by Gasteiger charge is 2.28. The molecule has 1 saturated heterocycles. The van der Waals surface area contributed by atoms with Crippen molar-refractivity contribution in [3.63, 3.8) is 0 Å². The van der Waals surface area contributed by atoms with E-state index in [0.29, 0.717) is 12.1 Å². The van der Waals surface area contributed by atoms with Gasteiger partial charge in [0.1, 0.15) is 0 Å². The van der Waals surface area contributed by atoms with Crippen LogP contribution in [0, 0.1) is 5.92 Å². The third-order valence-corrected chi connectivity index (χ3v) is 6.30. The fourth-order valence-electron chi connectivity index (χ4n) is 4.71. The molecule has 0 saturated carbocycles. The molecule has 2 aliphatic rings. The zero-order chi connectivity index (χ0) is 16.7. The van der Waals surface area contributed by atoms with E-state index in [9.17, 15) is 0 Å². The van der Waals surface area contributed by atoms with Crippen molar-refractivity contribution in [1.82, 2.24) is 15.2 Å². The van der Waals surface area contributed by atoms with E-state index in [1.54, 1.807) is 5.69 Å². The van der Waals surface area contributed by atoms with Crippen LogP contribution in [0.15, 0.2) is 22.7 Å². The smallest absolute Gasteiger partial charge is 0.0486 e. The molecule has 130 valence electrons. The normalized spacial score (nSPS) is 27.4. The lowest BCUT2D eigenvalue weighted by Crippen LogP contribution is -2.36. The van der Waals surface area contributed by atoms with E-state index in [2.05, 4.69) is 63.2 Å². The van der Waals surface area contributed by atoms with Crippen LogP contribution < -0.4 is 10.6 Å². The molecule has 1 aromatic heterocycles. The number of nitrogens with zero attached hydrogens (tertiary/aromatic N) is 1. The Labute approximate surface area is 153 Å². The number of hydrogen-bond donors (Lipinski definition) is 2. The molecule has 0 radical (unpaired) electrons. The maximum Gasteiger partial charge on any atom is 0.0486 e. The fraction of sp³-hybridized carbons (Fsp3) is 0.600. The first-order valence-electron chi connectivity index (χ1n) is 9.40. The zero-order valence-electron chi connectivity index (χ0n) is 14.7. The van der Waals surface area contributed by atoms with Gasteiger partial charge < -0.3 is 15.2 Å². The highest BCUT2D eigenvalue weighted by Crippen LogP contribution is 2.37. The third-order valence-electron chi connectivity index (χ3n) is 5.80. The van der Waals surface area contributed by atoms with Crippen LogP contribution in [-0.4, -0.2) is 23.7 Å². The first-order valence-corrected chi connectivity index (χ1v) is 10.2. The van der Waals surface area contributed by atoms with Crippen molar-refractivity contribution in [3.05, 3.63) is 33.9 Å². The van der Waals surface area contributed by atoms with Gasteiger partial charge in [-0.3, -0.25) is 0 Å². The lowest BCUT2D eigenvalue weighted by molar-refractivity contribution is 0.339. The number of aryl methyl sites for hydroxylation is 1.